The lowest BCUT2D eigenvalue weighted by Crippen LogP contribution is -2.26. The molecule has 1 amide bonds. The highest BCUT2D eigenvalue weighted by molar-refractivity contribution is 5.97. The molecule has 5 heteroatoms. The van der Waals surface area contributed by atoms with Gasteiger partial charge in [-0.25, -0.2) is 4.98 Å². The monoisotopic (exact) mass is 336 g/mol. The number of carbonyl (C=O) groups excluding carboxylic acids is 1. The van der Waals surface area contributed by atoms with Crippen LogP contribution in [0.2, 0.25) is 0 Å². The topological polar surface area (TPSA) is 75.4 Å². The summed E-state index contributed by atoms with van der Waals surface area (Å²) < 4.78 is 5.60. The van der Waals surface area contributed by atoms with E-state index in [1.54, 1.807) is 6.92 Å². The molecular weight excluding hydrogens is 316 g/mol. The molecule has 0 spiro atoms. The third-order valence-electron chi connectivity index (χ3n) is 3.87. The van der Waals surface area contributed by atoms with Crippen LogP contribution in [0, 0.1) is 6.92 Å². The maximum Gasteiger partial charge on any atom is 0.273 e. The second kappa shape index (κ2) is 7.77. The molecule has 5 nitrogen and oxygen atoms in total. The fourth-order valence-corrected chi connectivity index (χ4v) is 2.61. The Labute approximate surface area is 146 Å². The van der Waals surface area contributed by atoms with Crippen molar-refractivity contribution in [2.75, 3.05) is 6.54 Å². The van der Waals surface area contributed by atoms with E-state index >= 15 is 0 Å². The number of nitrogens with one attached hydrogen (secondary N) is 1. The summed E-state index contributed by atoms with van der Waals surface area (Å²) in [5.41, 5.74) is 1.90. The van der Waals surface area contributed by atoms with Gasteiger partial charge in [0, 0.05) is 19.0 Å². The molecule has 1 aromatic heterocycles. The molecule has 2 aromatic carbocycles. The Morgan fingerprint density at radius 1 is 1.12 bits per heavy atom. The minimum Gasteiger partial charge on any atom is -0.440 e. The highest BCUT2D eigenvalue weighted by atomic mass is 16.4. The Morgan fingerprint density at radius 2 is 1.76 bits per heavy atom. The number of amides is 1. The van der Waals surface area contributed by atoms with Crippen LogP contribution in [-0.2, 0) is 0 Å². The van der Waals surface area contributed by atoms with Crippen LogP contribution in [-0.4, -0.2) is 22.5 Å². The molecule has 0 saturated carbocycles. The highest BCUT2D eigenvalue weighted by Crippen LogP contribution is 2.24. The van der Waals surface area contributed by atoms with E-state index in [0.717, 1.165) is 11.1 Å². The normalized spacial score (nSPS) is 11.9. The van der Waals surface area contributed by atoms with Crippen LogP contribution in [0.15, 0.2) is 65.1 Å². The number of nitrogens with zero attached hydrogens (tertiary/aromatic N) is 1. The molecule has 25 heavy (non-hydrogen) atoms. The summed E-state index contributed by atoms with van der Waals surface area (Å²) in [5, 5.41) is 13.0. The van der Waals surface area contributed by atoms with Crippen LogP contribution in [0.3, 0.4) is 0 Å². The lowest BCUT2D eigenvalue weighted by atomic mass is 10.1. The number of aromatic nitrogens is 1. The van der Waals surface area contributed by atoms with E-state index in [4.69, 9.17) is 4.42 Å². The van der Waals surface area contributed by atoms with E-state index in [1.807, 2.05) is 60.7 Å². The number of aliphatic hydroxyl groups excluding tert-OH is 1. The van der Waals surface area contributed by atoms with Gasteiger partial charge >= 0.3 is 0 Å². The van der Waals surface area contributed by atoms with Gasteiger partial charge in [-0.2, -0.15) is 0 Å². The quantitative estimate of drug-likeness (QED) is 0.722. The zero-order valence-electron chi connectivity index (χ0n) is 14.0. The second-order valence-corrected chi connectivity index (χ2v) is 5.75. The summed E-state index contributed by atoms with van der Waals surface area (Å²) in [6.45, 7) is 2.05. The van der Waals surface area contributed by atoms with Gasteiger partial charge in [-0.05, 0) is 12.0 Å². The molecule has 1 atom stereocenters. The summed E-state index contributed by atoms with van der Waals surface area (Å²) in [5.74, 6) is 0.587. The number of carbonyl (C=O) groups is 1. The van der Waals surface area contributed by atoms with Gasteiger partial charge in [-0.15, -0.1) is 0 Å². The van der Waals surface area contributed by atoms with E-state index in [1.165, 1.54) is 0 Å². The van der Waals surface area contributed by atoms with Crippen molar-refractivity contribution in [3.05, 3.63) is 77.8 Å². The number of hydrogen-bond acceptors (Lipinski definition) is 4. The Morgan fingerprint density at radius 3 is 2.44 bits per heavy atom. The molecule has 3 rings (SSSR count). The second-order valence-electron chi connectivity index (χ2n) is 5.75. The first-order valence-corrected chi connectivity index (χ1v) is 8.19. The molecule has 0 aliphatic rings. The van der Waals surface area contributed by atoms with Crippen molar-refractivity contribution in [2.45, 2.75) is 19.4 Å². The highest BCUT2D eigenvalue weighted by Gasteiger charge is 2.20. The molecule has 3 aromatic rings. The fourth-order valence-electron chi connectivity index (χ4n) is 2.61. The van der Waals surface area contributed by atoms with E-state index in [9.17, 15) is 9.90 Å². The first-order valence-electron chi connectivity index (χ1n) is 8.19. The Balaban J connectivity index is 1.64. The molecule has 0 fully saturated rings. The number of oxazole rings is 1. The average molecular weight is 336 g/mol. The van der Waals surface area contributed by atoms with Gasteiger partial charge in [0.2, 0.25) is 0 Å². The zero-order valence-corrected chi connectivity index (χ0v) is 14.0. The molecule has 2 N–H and O–H groups in total. The first-order chi connectivity index (χ1) is 12.1. The van der Waals surface area contributed by atoms with Crippen molar-refractivity contribution in [2.24, 2.45) is 0 Å². The van der Waals surface area contributed by atoms with Gasteiger partial charge in [-0.3, -0.25) is 4.79 Å². The van der Waals surface area contributed by atoms with Crippen molar-refractivity contribution in [3.8, 4) is 11.3 Å². The maximum atomic E-state index is 12.5. The van der Waals surface area contributed by atoms with Crippen LogP contribution >= 0.6 is 0 Å². The minimum absolute atomic E-state index is 0.262. The van der Waals surface area contributed by atoms with Crippen LogP contribution in [0.4, 0.5) is 0 Å². The molecule has 0 bridgehead atoms. The summed E-state index contributed by atoms with van der Waals surface area (Å²) in [4.78, 5) is 16.7. The van der Waals surface area contributed by atoms with Gasteiger partial charge in [0.05, 0.1) is 6.10 Å². The van der Waals surface area contributed by atoms with Gasteiger partial charge < -0.3 is 14.8 Å². The van der Waals surface area contributed by atoms with E-state index in [0.29, 0.717) is 24.6 Å². The predicted molar refractivity (Wildman–Crippen MR) is 95.0 cm³/mol. The summed E-state index contributed by atoms with van der Waals surface area (Å²) in [6.07, 6.45) is -0.193. The molecule has 0 aliphatic carbocycles. The van der Waals surface area contributed by atoms with Crippen LogP contribution < -0.4 is 5.32 Å². The Kier molecular flexibility index (Phi) is 5.26. The third-order valence-corrected chi connectivity index (χ3v) is 3.87. The van der Waals surface area contributed by atoms with Crippen molar-refractivity contribution >= 4 is 5.91 Å². The summed E-state index contributed by atoms with van der Waals surface area (Å²) in [7, 11) is 0. The van der Waals surface area contributed by atoms with Crippen LogP contribution in [0.25, 0.3) is 11.3 Å². The van der Waals surface area contributed by atoms with Gasteiger partial charge in [0.15, 0.2) is 17.3 Å². The van der Waals surface area contributed by atoms with Gasteiger partial charge in [-0.1, -0.05) is 60.7 Å². The number of rotatable bonds is 6. The van der Waals surface area contributed by atoms with E-state index < -0.39 is 6.10 Å². The number of aryl methyl sites for hydroxylation is 1. The maximum absolute atomic E-state index is 12.5. The molecule has 1 heterocycles. The molecular formula is C20H20N2O3. The van der Waals surface area contributed by atoms with E-state index in [2.05, 4.69) is 10.3 Å². The largest absolute Gasteiger partial charge is 0.440 e. The van der Waals surface area contributed by atoms with Gasteiger partial charge in [0.1, 0.15) is 0 Å². The summed E-state index contributed by atoms with van der Waals surface area (Å²) >= 11 is 0. The Hall–Kier alpha value is -2.92. The number of aliphatic hydroxyl groups is 1. The zero-order chi connectivity index (χ0) is 17.6. The third kappa shape index (κ3) is 4.14. The summed E-state index contributed by atoms with van der Waals surface area (Å²) in [6, 6.07) is 18.8. The van der Waals surface area contributed by atoms with Crippen LogP contribution in [0.5, 0.6) is 0 Å². The van der Waals surface area contributed by atoms with Crippen molar-refractivity contribution in [3.63, 3.8) is 0 Å². The minimum atomic E-state index is -0.617. The van der Waals surface area contributed by atoms with Crippen molar-refractivity contribution in [1.29, 1.82) is 0 Å². The Bertz CT molecular complexity index is 829. The van der Waals surface area contributed by atoms with Crippen molar-refractivity contribution in [1.82, 2.24) is 10.3 Å². The number of hydrogen-bond donors (Lipinski definition) is 2. The molecule has 0 unspecified atom stereocenters. The molecule has 0 aliphatic heterocycles. The smallest absolute Gasteiger partial charge is 0.273 e. The SMILES string of the molecule is Cc1nc(C(=O)NCC[C@H](O)c2ccccc2)c(-c2ccccc2)o1. The lowest BCUT2D eigenvalue weighted by Gasteiger charge is -2.11. The van der Waals surface area contributed by atoms with E-state index in [-0.39, 0.29) is 11.6 Å². The first kappa shape index (κ1) is 16.9. The van der Waals surface area contributed by atoms with Crippen LogP contribution in [0.1, 0.15) is 34.5 Å². The molecule has 0 radical (unpaired) electrons. The predicted octanol–water partition coefficient (Wildman–Crippen LogP) is 3.50. The molecule has 128 valence electrons. The number of benzene rings is 2. The van der Waals surface area contributed by atoms with Crippen molar-refractivity contribution < 1.29 is 14.3 Å². The van der Waals surface area contributed by atoms with Gasteiger partial charge in [0.25, 0.3) is 5.91 Å². The molecule has 0 saturated heterocycles. The fraction of sp³-hybridized carbons (Fsp3) is 0.200. The standard InChI is InChI=1S/C20H20N2O3/c1-14-22-18(19(25-14)16-10-6-3-7-11-16)20(24)21-13-12-17(23)15-8-4-2-5-9-15/h2-11,17,23H,12-13H2,1H3,(H,21,24)/t17-/m0/s1. The average Bonchev–Trinajstić information content (AvgIpc) is 3.05. The lowest BCUT2D eigenvalue weighted by molar-refractivity contribution is 0.0938.